The first-order valence-corrected chi connectivity index (χ1v) is 10.7. The van der Waals surface area contributed by atoms with E-state index >= 15 is 0 Å². The van der Waals surface area contributed by atoms with Crippen molar-refractivity contribution in [3.05, 3.63) is 90.0 Å². The van der Waals surface area contributed by atoms with Crippen LogP contribution in [-0.2, 0) is 16.8 Å². The van der Waals surface area contributed by atoms with Gasteiger partial charge in [-0.2, -0.15) is 0 Å². The summed E-state index contributed by atoms with van der Waals surface area (Å²) in [5, 5.41) is 2.92. The van der Waals surface area contributed by atoms with Gasteiger partial charge in [0.05, 0.1) is 6.61 Å². The summed E-state index contributed by atoms with van der Waals surface area (Å²) >= 11 is 0. The van der Waals surface area contributed by atoms with Crippen LogP contribution in [0.5, 0.6) is 11.5 Å². The Morgan fingerprint density at radius 3 is 2.06 bits per heavy atom. The van der Waals surface area contributed by atoms with Crippen molar-refractivity contribution in [3.8, 4) is 11.5 Å². The molecule has 0 aromatic heterocycles. The zero-order valence-corrected chi connectivity index (χ0v) is 18.6. The predicted octanol–water partition coefficient (Wildman–Crippen LogP) is 6.36. The molecule has 0 saturated heterocycles. The smallest absolute Gasteiger partial charge is 0.224 e. The summed E-state index contributed by atoms with van der Waals surface area (Å²) in [5.74, 6) is 1.58. The Morgan fingerprint density at radius 1 is 0.806 bits per heavy atom. The number of anilines is 1. The Labute approximate surface area is 185 Å². The zero-order chi connectivity index (χ0) is 22.1. The van der Waals surface area contributed by atoms with Crippen LogP contribution in [0.4, 0.5) is 5.69 Å². The maximum atomic E-state index is 12.2. The molecule has 0 aliphatic rings. The summed E-state index contributed by atoms with van der Waals surface area (Å²) in [6.07, 6.45) is 1.07. The van der Waals surface area contributed by atoms with Crippen LogP contribution >= 0.6 is 0 Å². The van der Waals surface area contributed by atoms with Gasteiger partial charge in [-0.05, 0) is 59.4 Å². The summed E-state index contributed by atoms with van der Waals surface area (Å²) in [5.41, 5.74) is 3.28. The molecule has 0 fully saturated rings. The molecule has 4 heteroatoms. The molecule has 0 saturated carbocycles. The van der Waals surface area contributed by atoms with Crippen LogP contribution in [0.2, 0.25) is 0 Å². The second-order valence-electron chi connectivity index (χ2n) is 8.57. The molecule has 0 radical (unpaired) electrons. The number of benzene rings is 3. The minimum absolute atomic E-state index is 0.0235. The van der Waals surface area contributed by atoms with E-state index in [0.717, 1.165) is 22.7 Å². The molecule has 3 rings (SSSR count). The van der Waals surface area contributed by atoms with E-state index in [4.69, 9.17) is 9.47 Å². The van der Waals surface area contributed by atoms with Crippen molar-refractivity contribution in [2.75, 3.05) is 11.9 Å². The van der Waals surface area contributed by atoms with Crippen molar-refractivity contribution < 1.29 is 14.3 Å². The van der Waals surface area contributed by atoms with E-state index in [-0.39, 0.29) is 11.3 Å². The number of hydrogen-bond donors (Lipinski definition) is 1. The van der Waals surface area contributed by atoms with E-state index in [1.54, 1.807) is 0 Å². The van der Waals surface area contributed by atoms with Gasteiger partial charge in [0, 0.05) is 12.1 Å². The molecule has 0 unspecified atom stereocenters. The van der Waals surface area contributed by atoms with Crippen LogP contribution in [0.25, 0.3) is 0 Å². The standard InChI is InChI=1S/C27H31NO3/c1-27(2,3)22-11-15-24(16-12-22)30-19-7-10-26(29)28-23-13-17-25(18-14-23)31-20-21-8-5-4-6-9-21/h4-6,8-9,11-18H,7,10,19-20H2,1-3H3,(H,28,29). The molecule has 31 heavy (non-hydrogen) atoms. The normalized spacial score (nSPS) is 11.1. The number of rotatable bonds is 9. The monoisotopic (exact) mass is 417 g/mol. The average molecular weight is 418 g/mol. The Hall–Kier alpha value is -3.27. The minimum atomic E-state index is -0.0235. The van der Waals surface area contributed by atoms with Gasteiger partial charge in [-0.25, -0.2) is 0 Å². The minimum Gasteiger partial charge on any atom is -0.494 e. The molecule has 3 aromatic carbocycles. The van der Waals surface area contributed by atoms with E-state index in [1.165, 1.54) is 5.56 Å². The highest BCUT2D eigenvalue weighted by Crippen LogP contribution is 2.24. The van der Waals surface area contributed by atoms with Crippen LogP contribution < -0.4 is 14.8 Å². The molecule has 3 aromatic rings. The molecular weight excluding hydrogens is 386 g/mol. The van der Waals surface area contributed by atoms with E-state index in [9.17, 15) is 4.79 Å². The molecule has 0 spiro atoms. The van der Waals surface area contributed by atoms with Crippen LogP contribution in [-0.4, -0.2) is 12.5 Å². The Morgan fingerprint density at radius 2 is 1.42 bits per heavy atom. The fourth-order valence-corrected chi connectivity index (χ4v) is 3.07. The molecule has 1 amide bonds. The van der Waals surface area contributed by atoms with Gasteiger partial charge in [0.1, 0.15) is 18.1 Å². The summed E-state index contributed by atoms with van der Waals surface area (Å²) in [6.45, 7) is 7.59. The lowest BCUT2D eigenvalue weighted by molar-refractivity contribution is -0.116. The van der Waals surface area contributed by atoms with Gasteiger partial charge in [0.2, 0.25) is 5.91 Å². The third-order valence-corrected chi connectivity index (χ3v) is 4.92. The highest BCUT2D eigenvalue weighted by Gasteiger charge is 2.13. The molecular formula is C27H31NO3. The van der Waals surface area contributed by atoms with Crippen LogP contribution in [0.1, 0.15) is 44.7 Å². The van der Waals surface area contributed by atoms with Gasteiger partial charge in [-0.15, -0.1) is 0 Å². The molecule has 0 aliphatic heterocycles. The van der Waals surface area contributed by atoms with E-state index < -0.39 is 0 Å². The molecule has 0 atom stereocenters. The molecule has 0 heterocycles. The number of ether oxygens (including phenoxy) is 2. The maximum Gasteiger partial charge on any atom is 0.224 e. The number of amides is 1. The largest absolute Gasteiger partial charge is 0.494 e. The first-order valence-electron chi connectivity index (χ1n) is 10.7. The first-order chi connectivity index (χ1) is 14.9. The van der Waals surface area contributed by atoms with E-state index in [2.05, 4.69) is 38.2 Å². The third-order valence-electron chi connectivity index (χ3n) is 4.92. The lowest BCUT2D eigenvalue weighted by Gasteiger charge is -2.19. The topological polar surface area (TPSA) is 47.6 Å². The van der Waals surface area contributed by atoms with Crippen molar-refractivity contribution in [1.29, 1.82) is 0 Å². The second kappa shape index (κ2) is 10.7. The van der Waals surface area contributed by atoms with Crippen molar-refractivity contribution in [2.24, 2.45) is 0 Å². The molecule has 0 aliphatic carbocycles. The number of hydrogen-bond acceptors (Lipinski definition) is 3. The summed E-state index contributed by atoms with van der Waals surface area (Å²) < 4.78 is 11.5. The van der Waals surface area contributed by atoms with Gasteiger partial charge >= 0.3 is 0 Å². The van der Waals surface area contributed by atoms with Gasteiger partial charge in [-0.1, -0.05) is 63.2 Å². The highest BCUT2D eigenvalue weighted by molar-refractivity contribution is 5.90. The Kier molecular flexibility index (Phi) is 7.71. The summed E-state index contributed by atoms with van der Waals surface area (Å²) in [6, 6.07) is 25.6. The van der Waals surface area contributed by atoms with Crippen molar-refractivity contribution in [2.45, 2.75) is 45.6 Å². The quantitative estimate of drug-likeness (QED) is 0.412. The van der Waals surface area contributed by atoms with Crippen molar-refractivity contribution in [3.63, 3.8) is 0 Å². The third kappa shape index (κ3) is 7.49. The molecule has 162 valence electrons. The lowest BCUT2D eigenvalue weighted by atomic mass is 9.87. The lowest BCUT2D eigenvalue weighted by Crippen LogP contribution is -2.13. The van der Waals surface area contributed by atoms with E-state index in [1.807, 2.05) is 66.7 Å². The van der Waals surface area contributed by atoms with Crippen molar-refractivity contribution >= 4 is 11.6 Å². The molecule has 4 nitrogen and oxygen atoms in total. The SMILES string of the molecule is CC(C)(C)c1ccc(OCCCC(=O)Nc2ccc(OCc3ccccc3)cc2)cc1. The first kappa shape index (κ1) is 22.4. The van der Waals surface area contributed by atoms with Gasteiger partial charge in [0.25, 0.3) is 0 Å². The van der Waals surface area contributed by atoms with Gasteiger partial charge < -0.3 is 14.8 Å². The highest BCUT2D eigenvalue weighted by atomic mass is 16.5. The van der Waals surface area contributed by atoms with E-state index in [0.29, 0.717) is 26.1 Å². The van der Waals surface area contributed by atoms with Crippen LogP contribution in [0.3, 0.4) is 0 Å². The fraction of sp³-hybridized carbons (Fsp3) is 0.296. The number of carbonyl (C=O) groups excluding carboxylic acids is 1. The van der Waals surface area contributed by atoms with Gasteiger partial charge in [0.15, 0.2) is 0 Å². The second-order valence-corrected chi connectivity index (χ2v) is 8.57. The zero-order valence-electron chi connectivity index (χ0n) is 18.6. The number of nitrogens with one attached hydrogen (secondary N) is 1. The molecule has 0 bridgehead atoms. The number of carbonyl (C=O) groups is 1. The van der Waals surface area contributed by atoms with Gasteiger partial charge in [-0.3, -0.25) is 4.79 Å². The van der Waals surface area contributed by atoms with Crippen LogP contribution in [0, 0.1) is 0 Å². The fourth-order valence-electron chi connectivity index (χ4n) is 3.07. The van der Waals surface area contributed by atoms with Crippen LogP contribution in [0.15, 0.2) is 78.9 Å². The predicted molar refractivity (Wildman–Crippen MR) is 126 cm³/mol. The Bertz CT molecular complexity index is 943. The molecule has 1 N–H and O–H groups in total. The summed E-state index contributed by atoms with van der Waals surface area (Å²) in [4.78, 5) is 12.2. The summed E-state index contributed by atoms with van der Waals surface area (Å²) in [7, 11) is 0. The maximum absolute atomic E-state index is 12.2. The average Bonchev–Trinajstić information content (AvgIpc) is 2.77. The Balaban J connectivity index is 1.35. The van der Waals surface area contributed by atoms with Crippen molar-refractivity contribution in [1.82, 2.24) is 0 Å².